The molecule has 0 aliphatic carbocycles. The third kappa shape index (κ3) is 3.88. The molecule has 146 valence electrons. The van der Waals surface area contributed by atoms with Crippen molar-refractivity contribution >= 4 is 35.0 Å². The lowest BCUT2D eigenvalue weighted by atomic mass is 10.2. The number of piperazine rings is 1. The summed E-state index contributed by atoms with van der Waals surface area (Å²) < 4.78 is 5.10. The van der Waals surface area contributed by atoms with Crippen molar-refractivity contribution in [3.63, 3.8) is 0 Å². The Morgan fingerprint density at radius 1 is 1.00 bits per heavy atom. The Kier molecular flexibility index (Phi) is 5.44. The van der Waals surface area contributed by atoms with Crippen LogP contribution in [0.5, 0.6) is 0 Å². The van der Waals surface area contributed by atoms with Crippen LogP contribution in [0.4, 0.5) is 11.4 Å². The standard InChI is InChI=1S/C19H20N4O5/c1-13(24)23(15-5-2-4-14(20)12-15)19(27)18(26)22-9-7-21(8-10-22)17(25)16-6-3-11-28-16/h2-6,11-12H,7-10,20H2,1H3. The van der Waals surface area contributed by atoms with Gasteiger partial charge in [-0.3, -0.25) is 19.2 Å². The molecule has 0 bridgehead atoms. The van der Waals surface area contributed by atoms with Crippen LogP contribution in [0.2, 0.25) is 0 Å². The minimum atomic E-state index is -0.955. The first-order valence-electron chi connectivity index (χ1n) is 8.70. The first-order chi connectivity index (χ1) is 13.4. The van der Waals surface area contributed by atoms with Gasteiger partial charge in [-0.15, -0.1) is 0 Å². The fourth-order valence-electron chi connectivity index (χ4n) is 3.01. The first kappa shape index (κ1) is 19.2. The zero-order chi connectivity index (χ0) is 20.3. The van der Waals surface area contributed by atoms with Crippen LogP contribution in [0.1, 0.15) is 17.5 Å². The van der Waals surface area contributed by atoms with E-state index in [-0.39, 0.29) is 43.5 Å². The number of hydrogen-bond donors (Lipinski definition) is 1. The summed E-state index contributed by atoms with van der Waals surface area (Å²) in [6, 6.07) is 9.38. The van der Waals surface area contributed by atoms with Crippen LogP contribution < -0.4 is 10.6 Å². The van der Waals surface area contributed by atoms with E-state index in [1.807, 2.05) is 0 Å². The Morgan fingerprint density at radius 3 is 2.25 bits per heavy atom. The topological polar surface area (TPSA) is 117 Å². The smallest absolute Gasteiger partial charge is 0.323 e. The Labute approximate surface area is 161 Å². The maximum atomic E-state index is 12.7. The van der Waals surface area contributed by atoms with E-state index in [0.29, 0.717) is 5.69 Å². The van der Waals surface area contributed by atoms with E-state index in [0.717, 1.165) is 4.90 Å². The molecule has 0 atom stereocenters. The lowest BCUT2D eigenvalue weighted by Gasteiger charge is -2.34. The fraction of sp³-hybridized carbons (Fsp3) is 0.263. The summed E-state index contributed by atoms with van der Waals surface area (Å²) in [6.07, 6.45) is 1.42. The maximum absolute atomic E-state index is 12.7. The van der Waals surface area contributed by atoms with Gasteiger partial charge in [-0.05, 0) is 30.3 Å². The van der Waals surface area contributed by atoms with Gasteiger partial charge in [0.1, 0.15) is 0 Å². The molecule has 3 rings (SSSR count). The van der Waals surface area contributed by atoms with E-state index >= 15 is 0 Å². The van der Waals surface area contributed by atoms with Gasteiger partial charge >= 0.3 is 11.8 Å². The third-order valence-corrected chi connectivity index (χ3v) is 4.42. The summed E-state index contributed by atoms with van der Waals surface area (Å²) in [5, 5.41) is 0. The normalized spacial score (nSPS) is 13.9. The Balaban J connectivity index is 1.67. The highest BCUT2D eigenvalue weighted by molar-refractivity contribution is 6.45. The quantitative estimate of drug-likeness (QED) is 0.602. The average Bonchev–Trinajstić information content (AvgIpc) is 3.21. The molecule has 0 saturated carbocycles. The third-order valence-electron chi connectivity index (χ3n) is 4.42. The molecule has 2 aromatic rings. The van der Waals surface area contributed by atoms with E-state index in [1.54, 1.807) is 29.2 Å². The molecule has 2 heterocycles. The molecule has 1 aromatic carbocycles. The van der Waals surface area contributed by atoms with Gasteiger partial charge in [-0.25, -0.2) is 4.90 Å². The molecule has 28 heavy (non-hydrogen) atoms. The highest BCUT2D eigenvalue weighted by Gasteiger charge is 2.33. The Hall–Kier alpha value is -3.62. The van der Waals surface area contributed by atoms with Crippen LogP contribution in [0, 0.1) is 0 Å². The molecule has 0 unspecified atom stereocenters. The monoisotopic (exact) mass is 384 g/mol. The van der Waals surface area contributed by atoms with Crippen LogP contribution >= 0.6 is 0 Å². The van der Waals surface area contributed by atoms with Gasteiger partial charge in [0.25, 0.3) is 5.91 Å². The van der Waals surface area contributed by atoms with E-state index < -0.39 is 17.7 Å². The lowest BCUT2D eigenvalue weighted by molar-refractivity contribution is -0.146. The summed E-state index contributed by atoms with van der Waals surface area (Å²) in [5.41, 5.74) is 6.31. The van der Waals surface area contributed by atoms with Crippen molar-refractivity contribution in [2.75, 3.05) is 36.8 Å². The number of amides is 4. The lowest BCUT2D eigenvalue weighted by Crippen LogP contribution is -2.55. The second kappa shape index (κ2) is 7.95. The number of nitrogen functional groups attached to an aromatic ring is 1. The van der Waals surface area contributed by atoms with Crippen molar-refractivity contribution < 1.29 is 23.6 Å². The number of benzene rings is 1. The van der Waals surface area contributed by atoms with E-state index in [4.69, 9.17) is 10.2 Å². The van der Waals surface area contributed by atoms with Gasteiger partial charge in [0.15, 0.2) is 5.76 Å². The van der Waals surface area contributed by atoms with Crippen molar-refractivity contribution in [3.05, 3.63) is 48.4 Å². The summed E-state index contributed by atoms with van der Waals surface area (Å²) in [6.45, 7) is 2.08. The highest BCUT2D eigenvalue weighted by Crippen LogP contribution is 2.19. The summed E-state index contributed by atoms with van der Waals surface area (Å²) in [7, 11) is 0. The number of nitrogens with two attached hydrogens (primary N) is 1. The molecule has 9 heteroatoms. The SMILES string of the molecule is CC(=O)N(C(=O)C(=O)N1CCN(C(=O)c2ccco2)CC1)c1cccc(N)c1. The zero-order valence-electron chi connectivity index (χ0n) is 15.3. The molecule has 1 aromatic heterocycles. The first-order valence-corrected chi connectivity index (χ1v) is 8.70. The van der Waals surface area contributed by atoms with Crippen molar-refractivity contribution in [1.82, 2.24) is 9.80 Å². The number of carbonyl (C=O) groups is 4. The maximum Gasteiger partial charge on any atom is 0.323 e. The van der Waals surface area contributed by atoms with Crippen LogP contribution in [0.15, 0.2) is 47.1 Å². The highest BCUT2D eigenvalue weighted by atomic mass is 16.3. The number of imide groups is 1. The predicted octanol–water partition coefficient (Wildman–Crippen LogP) is 0.726. The van der Waals surface area contributed by atoms with Crippen LogP contribution in [0.3, 0.4) is 0 Å². The number of rotatable bonds is 2. The average molecular weight is 384 g/mol. The molecule has 0 radical (unpaired) electrons. The molecule has 1 aliphatic rings. The number of furan rings is 1. The number of nitrogens with zero attached hydrogens (tertiary/aromatic N) is 3. The molecule has 0 spiro atoms. The van der Waals surface area contributed by atoms with Crippen LogP contribution in [-0.4, -0.2) is 59.6 Å². The Bertz CT molecular complexity index is 901. The van der Waals surface area contributed by atoms with Gasteiger partial charge < -0.3 is 20.0 Å². The molecule has 1 saturated heterocycles. The summed E-state index contributed by atoms with van der Waals surface area (Å²) in [5.74, 6) is -2.39. The second-order valence-electron chi connectivity index (χ2n) is 6.32. The van der Waals surface area contributed by atoms with Crippen molar-refractivity contribution in [1.29, 1.82) is 0 Å². The van der Waals surface area contributed by atoms with Gasteiger partial charge in [0.05, 0.1) is 12.0 Å². The minimum Gasteiger partial charge on any atom is -0.459 e. The molecule has 2 N–H and O–H groups in total. The van der Waals surface area contributed by atoms with Crippen molar-refractivity contribution in [2.45, 2.75) is 6.92 Å². The second-order valence-corrected chi connectivity index (χ2v) is 6.32. The summed E-state index contributed by atoms with van der Waals surface area (Å²) >= 11 is 0. The summed E-state index contributed by atoms with van der Waals surface area (Å²) in [4.78, 5) is 53.3. The molecule has 1 fully saturated rings. The molecule has 1 aliphatic heterocycles. The minimum absolute atomic E-state index is 0.180. The zero-order valence-corrected chi connectivity index (χ0v) is 15.3. The molecule has 4 amide bonds. The van der Waals surface area contributed by atoms with Gasteiger partial charge in [-0.2, -0.15) is 0 Å². The van der Waals surface area contributed by atoms with E-state index in [9.17, 15) is 19.2 Å². The number of anilines is 2. The molecule has 9 nitrogen and oxygen atoms in total. The molecular weight excluding hydrogens is 364 g/mol. The number of hydrogen-bond acceptors (Lipinski definition) is 6. The largest absolute Gasteiger partial charge is 0.459 e. The van der Waals surface area contributed by atoms with E-state index in [2.05, 4.69) is 0 Å². The van der Waals surface area contributed by atoms with Crippen molar-refractivity contribution in [2.24, 2.45) is 0 Å². The van der Waals surface area contributed by atoms with Crippen molar-refractivity contribution in [3.8, 4) is 0 Å². The fourth-order valence-corrected chi connectivity index (χ4v) is 3.01. The number of carbonyl (C=O) groups excluding carboxylic acids is 4. The predicted molar refractivity (Wildman–Crippen MR) is 100 cm³/mol. The van der Waals surface area contributed by atoms with Gasteiger partial charge in [-0.1, -0.05) is 6.07 Å². The van der Waals surface area contributed by atoms with Gasteiger partial charge in [0.2, 0.25) is 5.91 Å². The van der Waals surface area contributed by atoms with Crippen LogP contribution in [-0.2, 0) is 14.4 Å². The van der Waals surface area contributed by atoms with Gasteiger partial charge in [0, 0.05) is 38.8 Å². The van der Waals surface area contributed by atoms with Crippen LogP contribution in [0.25, 0.3) is 0 Å². The Morgan fingerprint density at radius 2 is 1.68 bits per heavy atom. The van der Waals surface area contributed by atoms with E-state index in [1.165, 1.54) is 30.2 Å². The molecular formula is C19H20N4O5.